The Morgan fingerprint density at radius 1 is 1.27 bits per heavy atom. The lowest BCUT2D eigenvalue weighted by Crippen LogP contribution is -2.10. The van der Waals surface area contributed by atoms with Gasteiger partial charge in [-0.2, -0.15) is 0 Å². The summed E-state index contributed by atoms with van der Waals surface area (Å²) in [6.07, 6.45) is 1.02. The van der Waals surface area contributed by atoms with E-state index in [1.165, 1.54) is 0 Å². The first kappa shape index (κ1) is 9.22. The standard InChI is InChI=1S/C6HCl2IO2/c7-2-1-3(10)4(8)5(9)6(2)11/h1H. The third kappa shape index (κ3) is 1.65. The van der Waals surface area contributed by atoms with Gasteiger partial charge in [0.25, 0.3) is 0 Å². The molecule has 11 heavy (non-hydrogen) atoms. The van der Waals surface area contributed by atoms with Gasteiger partial charge in [0.2, 0.25) is 5.78 Å². The van der Waals surface area contributed by atoms with Gasteiger partial charge in [0.1, 0.15) is 5.03 Å². The van der Waals surface area contributed by atoms with E-state index >= 15 is 0 Å². The number of carbonyl (C=O) groups is 2. The summed E-state index contributed by atoms with van der Waals surface area (Å²) in [5, 5.41) is -0.135. The van der Waals surface area contributed by atoms with Crippen LogP contribution in [0.5, 0.6) is 0 Å². The number of ketones is 2. The lowest BCUT2D eigenvalue weighted by atomic mass is 10.2. The van der Waals surface area contributed by atoms with Crippen LogP contribution in [0.1, 0.15) is 0 Å². The van der Waals surface area contributed by atoms with Gasteiger partial charge in [-0.05, 0) is 22.6 Å². The smallest absolute Gasteiger partial charge is 0.212 e. The highest BCUT2D eigenvalue weighted by molar-refractivity contribution is 14.1. The number of hydrogen-bond acceptors (Lipinski definition) is 2. The maximum absolute atomic E-state index is 11.0. The molecule has 0 radical (unpaired) electrons. The minimum Gasteiger partial charge on any atom is -0.288 e. The van der Waals surface area contributed by atoms with Gasteiger partial charge in [-0.1, -0.05) is 23.2 Å². The van der Waals surface area contributed by atoms with E-state index in [9.17, 15) is 9.59 Å². The summed E-state index contributed by atoms with van der Waals surface area (Å²) in [4.78, 5) is 21.8. The Balaban J connectivity index is 3.19. The van der Waals surface area contributed by atoms with Crippen LogP contribution in [0.4, 0.5) is 0 Å². The van der Waals surface area contributed by atoms with Crippen molar-refractivity contribution in [3.05, 3.63) is 19.7 Å². The summed E-state index contributed by atoms with van der Waals surface area (Å²) in [6.45, 7) is 0. The van der Waals surface area contributed by atoms with Crippen LogP contribution in [-0.4, -0.2) is 11.6 Å². The Morgan fingerprint density at radius 3 is 2.36 bits per heavy atom. The van der Waals surface area contributed by atoms with E-state index in [2.05, 4.69) is 0 Å². The molecule has 0 aromatic rings. The fourth-order valence-electron chi connectivity index (χ4n) is 0.557. The first-order valence-corrected chi connectivity index (χ1v) is 4.39. The zero-order valence-corrected chi connectivity index (χ0v) is 8.70. The number of halogens is 3. The molecule has 2 nitrogen and oxygen atoms in total. The second-order valence-electron chi connectivity index (χ2n) is 1.81. The summed E-state index contributed by atoms with van der Waals surface area (Å²) < 4.78 is 0.182. The number of allylic oxidation sites excluding steroid dienone is 4. The summed E-state index contributed by atoms with van der Waals surface area (Å²) in [5.41, 5.74) is 0. The molecule has 0 atom stereocenters. The van der Waals surface area contributed by atoms with E-state index in [4.69, 9.17) is 23.2 Å². The summed E-state index contributed by atoms with van der Waals surface area (Å²) in [5.74, 6) is -0.808. The highest BCUT2D eigenvalue weighted by atomic mass is 127. The van der Waals surface area contributed by atoms with E-state index in [0.29, 0.717) is 0 Å². The molecule has 0 spiro atoms. The monoisotopic (exact) mass is 302 g/mol. The molecule has 5 heteroatoms. The molecule has 1 rings (SSSR count). The molecule has 0 saturated carbocycles. The molecule has 58 valence electrons. The van der Waals surface area contributed by atoms with Crippen LogP contribution in [-0.2, 0) is 9.59 Å². The van der Waals surface area contributed by atoms with Gasteiger partial charge in [-0.3, -0.25) is 9.59 Å². The molecule has 0 fully saturated rings. The van der Waals surface area contributed by atoms with Gasteiger partial charge >= 0.3 is 0 Å². The van der Waals surface area contributed by atoms with Gasteiger partial charge < -0.3 is 0 Å². The molecule has 0 aliphatic heterocycles. The number of carbonyl (C=O) groups excluding carboxylic acids is 2. The maximum Gasteiger partial charge on any atom is 0.212 e. The minimum absolute atomic E-state index is 0.0556. The van der Waals surface area contributed by atoms with Crippen molar-refractivity contribution in [3.63, 3.8) is 0 Å². The van der Waals surface area contributed by atoms with Crippen molar-refractivity contribution in [2.24, 2.45) is 0 Å². The molecule has 0 aromatic carbocycles. The topological polar surface area (TPSA) is 34.1 Å². The van der Waals surface area contributed by atoms with E-state index in [1.807, 2.05) is 0 Å². The van der Waals surface area contributed by atoms with Crippen LogP contribution < -0.4 is 0 Å². The quantitative estimate of drug-likeness (QED) is 0.507. The summed E-state index contributed by atoms with van der Waals surface area (Å²) in [7, 11) is 0. The van der Waals surface area contributed by atoms with Gasteiger partial charge in [0.15, 0.2) is 5.78 Å². The Morgan fingerprint density at radius 2 is 1.82 bits per heavy atom. The number of Topliss-reactive ketones (excluding diaryl/α,β-unsaturated/α-hetero) is 1. The lowest BCUT2D eigenvalue weighted by Gasteiger charge is -2.05. The average Bonchev–Trinajstić information content (AvgIpc) is 1.97. The van der Waals surface area contributed by atoms with Crippen LogP contribution >= 0.6 is 45.8 Å². The predicted molar refractivity (Wildman–Crippen MR) is 50.8 cm³/mol. The van der Waals surface area contributed by atoms with Crippen molar-refractivity contribution >= 4 is 57.4 Å². The molecule has 0 unspecified atom stereocenters. The molecule has 1 aliphatic rings. The van der Waals surface area contributed by atoms with Crippen LogP contribution in [0, 0.1) is 0 Å². The zero-order valence-electron chi connectivity index (χ0n) is 5.03. The third-order valence-corrected chi connectivity index (χ3v) is 3.09. The fourth-order valence-corrected chi connectivity index (χ4v) is 1.61. The maximum atomic E-state index is 11.0. The van der Waals surface area contributed by atoms with E-state index in [-0.39, 0.29) is 13.6 Å². The number of rotatable bonds is 0. The normalized spacial score (nSPS) is 19.0. The van der Waals surface area contributed by atoms with Crippen molar-refractivity contribution in [1.29, 1.82) is 0 Å². The Hall–Kier alpha value is 0.130. The number of hydrogen-bond donors (Lipinski definition) is 0. The minimum atomic E-state index is -0.416. The van der Waals surface area contributed by atoms with E-state index in [1.54, 1.807) is 22.6 Å². The molecule has 0 bridgehead atoms. The van der Waals surface area contributed by atoms with E-state index < -0.39 is 11.6 Å². The lowest BCUT2D eigenvalue weighted by molar-refractivity contribution is -0.114. The third-order valence-electron chi connectivity index (χ3n) is 1.08. The SMILES string of the molecule is O=C1C=C(Cl)C(=O)C(I)=C1Cl. The Labute approximate surface area is 86.4 Å². The van der Waals surface area contributed by atoms with Crippen molar-refractivity contribution in [1.82, 2.24) is 0 Å². The molecule has 0 heterocycles. The second-order valence-corrected chi connectivity index (χ2v) is 3.68. The fraction of sp³-hybridized carbons (Fsp3) is 0. The van der Waals surface area contributed by atoms with Crippen molar-refractivity contribution < 1.29 is 9.59 Å². The van der Waals surface area contributed by atoms with Crippen molar-refractivity contribution in [3.8, 4) is 0 Å². The van der Waals surface area contributed by atoms with Crippen molar-refractivity contribution in [2.75, 3.05) is 0 Å². The van der Waals surface area contributed by atoms with Gasteiger partial charge in [0, 0.05) is 6.08 Å². The molecular formula is C6HCl2IO2. The van der Waals surface area contributed by atoms with Crippen LogP contribution in [0.3, 0.4) is 0 Å². The van der Waals surface area contributed by atoms with Crippen LogP contribution in [0.25, 0.3) is 0 Å². The van der Waals surface area contributed by atoms with Gasteiger partial charge in [-0.25, -0.2) is 0 Å². The van der Waals surface area contributed by atoms with E-state index in [0.717, 1.165) is 6.08 Å². The summed E-state index contributed by atoms with van der Waals surface area (Å²) >= 11 is 12.6. The van der Waals surface area contributed by atoms with Crippen LogP contribution in [0.15, 0.2) is 19.7 Å². The molecule has 0 amide bonds. The highest BCUT2D eigenvalue weighted by Crippen LogP contribution is 2.28. The van der Waals surface area contributed by atoms with Gasteiger partial charge in [-0.15, -0.1) is 0 Å². The molecule has 0 saturated heterocycles. The molecular weight excluding hydrogens is 302 g/mol. The highest BCUT2D eigenvalue weighted by Gasteiger charge is 2.24. The first-order valence-electron chi connectivity index (χ1n) is 2.55. The zero-order chi connectivity index (χ0) is 8.59. The largest absolute Gasteiger partial charge is 0.288 e. The predicted octanol–water partition coefficient (Wildman–Crippen LogP) is 2.15. The van der Waals surface area contributed by atoms with Crippen LogP contribution in [0.2, 0.25) is 0 Å². The molecule has 0 N–H and O–H groups in total. The first-order chi connectivity index (χ1) is 5.04. The molecule has 0 aromatic heterocycles. The molecule has 1 aliphatic carbocycles. The van der Waals surface area contributed by atoms with Gasteiger partial charge in [0.05, 0.1) is 8.61 Å². The Bertz CT molecular complexity index is 304. The Kier molecular flexibility index (Phi) is 2.72. The second kappa shape index (κ2) is 3.25. The summed E-state index contributed by atoms with van der Waals surface area (Å²) in [6, 6.07) is 0. The van der Waals surface area contributed by atoms with Crippen molar-refractivity contribution in [2.45, 2.75) is 0 Å². The average molecular weight is 303 g/mol.